The van der Waals surface area contributed by atoms with Gasteiger partial charge in [-0.3, -0.25) is 9.59 Å². The van der Waals surface area contributed by atoms with E-state index in [1.54, 1.807) is 48.5 Å². The number of methoxy groups -OCH3 is 1. The maximum Gasteiger partial charge on any atom is 0.343 e. The molecule has 0 bridgehead atoms. The topological polar surface area (TPSA) is 140 Å². The molecule has 242 valence electrons. The number of rotatable bonds is 16. The Hall–Kier alpha value is -4.86. The van der Waals surface area contributed by atoms with Gasteiger partial charge in [0, 0.05) is 24.6 Å². The number of carboxylic acids is 1. The Balaban J connectivity index is 0.00000345. The molecule has 0 fully saturated rings. The average molecular weight is 621 g/mol. The molecule has 0 saturated carbocycles. The van der Waals surface area contributed by atoms with Gasteiger partial charge in [-0.25, -0.2) is 9.59 Å². The Kier molecular flexibility index (Phi) is 15.7. The molecule has 0 aromatic heterocycles. The summed E-state index contributed by atoms with van der Waals surface area (Å²) in [4.78, 5) is 48.8. The fourth-order valence-electron chi connectivity index (χ4n) is 4.28. The fraction of sp³-hybridized carbons (Fsp3) is 0.371. The molecule has 0 aliphatic rings. The first-order valence-electron chi connectivity index (χ1n) is 15.2. The largest absolute Gasteiger partial charge is 0.494 e. The molecule has 0 heterocycles. The third-order valence-corrected chi connectivity index (χ3v) is 6.53. The summed E-state index contributed by atoms with van der Waals surface area (Å²) in [5, 5.41) is 14.9. The highest BCUT2D eigenvalue weighted by atomic mass is 16.6. The molecular weight excluding hydrogens is 576 g/mol. The van der Waals surface area contributed by atoms with Crippen LogP contribution in [-0.2, 0) is 16.0 Å². The van der Waals surface area contributed by atoms with Gasteiger partial charge in [-0.2, -0.15) is 0 Å². The zero-order valence-corrected chi connectivity index (χ0v) is 26.7. The minimum absolute atomic E-state index is 0.0584. The number of aliphatic carboxylic acids is 1. The number of hydrogen-bond acceptors (Lipinski definition) is 7. The first-order chi connectivity index (χ1) is 21.7. The predicted octanol–water partition coefficient (Wildman–Crippen LogP) is 6.67. The van der Waals surface area contributed by atoms with Crippen molar-refractivity contribution in [2.45, 2.75) is 72.3 Å². The molecule has 0 aliphatic carbocycles. The Morgan fingerprint density at radius 3 is 2.20 bits per heavy atom. The van der Waals surface area contributed by atoms with Crippen LogP contribution in [0.15, 0.2) is 66.7 Å². The second kappa shape index (κ2) is 19.4. The Morgan fingerprint density at radius 2 is 1.56 bits per heavy atom. The molecule has 0 spiro atoms. The van der Waals surface area contributed by atoms with Crippen LogP contribution in [0.2, 0.25) is 0 Å². The molecule has 3 rings (SSSR count). The summed E-state index contributed by atoms with van der Waals surface area (Å²) in [7, 11) is 1.41. The van der Waals surface area contributed by atoms with E-state index in [9.17, 15) is 24.3 Å². The highest BCUT2D eigenvalue weighted by Crippen LogP contribution is 2.29. The molecular formula is C35H44N2O8. The summed E-state index contributed by atoms with van der Waals surface area (Å²) in [6.07, 6.45) is 5.66. The fourth-order valence-corrected chi connectivity index (χ4v) is 4.28. The smallest absolute Gasteiger partial charge is 0.343 e. The summed E-state index contributed by atoms with van der Waals surface area (Å²) in [6, 6.07) is 16.3. The van der Waals surface area contributed by atoms with Crippen LogP contribution >= 0.6 is 0 Å². The van der Waals surface area contributed by atoms with E-state index in [0.717, 1.165) is 12.8 Å². The number of hydrogen-bond donors (Lipinski definition) is 3. The number of amides is 2. The molecule has 2 amide bonds. The van der Waals surface area contributed by atoms with Crippen molar-refractivity contribution in [3.63, 3.8) is 0 Å². The molecule has 0 radical (unpaired) electrons. The van der Waals surface area contributed by atoms with Gasteiger partial charge in [0.05, 0.1) is 19.3 Å². The maximum absolute atomic E-state index is 12.8. The number of carbonyl (C=O) groups excluding carboxylic acids is 3. The van der Waals surface area contributed by atoms with Crippen molar-refractivity contribution in [3.05, 3.63) is 83.4 Å². The lowest BCUT2D eigenvalue weighted by molar-refractivity contribution is -0.139. The number of carbonyl (C=O) groups is 4. The van der Waals surface area contributed by atoms with Gasteiger partial charge < -0.3 is 30.0 Å². The third-order valence-electron chi connectivity index (χ3n) is 6.53. The summed E-state index contributed by atoms with van der Waals surface area (Å²) < 4.78 is 16.7. The first kappa shape index (κ1) is 36.3. The van der Waals surface area contributed by atoms with Gasteiger partial charge in [0.25, 0.3) is 5.91 Å². The number of carboxylic acid groups (broad SMARTS) is 1. The lowest BCUT2D eigenvalue weighted by atomic mass is 10.0. The summed E-state index contributed by atoms with van der Waals surface area (Å²) in [5.74, 6) is -1.66. The second-order valence-electron chi connectivity index (χ2n) is 9.99. The van der Waals surface area contributed by atoms with Crippen LogP contribution in [-0.4, -0.2) is 48.6 Å². The van der Waals surface area contributed by atoms with E-state index in [4.69, 9.17) is 14.2 Å². The molecule has 1 atom stereocenters. The van der Waals surface area contributed by atoms with E-state index in [1.807, 2.05) is 13.8 Å². The zero-order valence-electron chi connectivity index (χ0n) is 26.7. The molecule has 0 aliphatic heterocycles. The molecule has 10 heteroatoms. The van der Waals surface area contributed by atoms with Crippen molar-refractivity contribution >= 4 is 29.4 Å². The monoisotopic (exact) mass is 620 g/mol. The van der Waals surface area contributed by atoms with E-state index in [2.05, 4.69) is 17.6 Å². The van der Waals surface area contributed by atoms with Crippen LogP contribution in [0.4, 0.5) is 5.69 Å². The summed E-state index contributed by atoms with van der Waals surface area (Å²) >= 11 is 0. The van der Waals surface area contributed by atoms with Gasteiger partial charge in [-0.15, -0.1) is 0 Å². The SMILES string of the molecule is CC.CCCCCCCOc1ccc(C(=O)Oc2ccc(CC(NC(=O)c3cccc(NC(C)=O)c3)C(=O)O)cc2OC)cc1. The van der Waals surface area contributed by atoms with Crippen molar-refractivity contribution < 1.29 is 38.5 Å². The van der Waals surface area contributed by atoms with Crippen LogP contribution in [0.5, 0.6) is 17.2 Å². The maximum atomic E-state index is 12.8. The van der Waals surface area contributed by atoms with Crippen molar-refractivity contribution in [2.75, 3.05) is 19.0 Å². The van der Waals surface area contributed by atoms with Gasteiger partial charge in [0.15, 0.2) is 11.5 Å². The normalized spacial score (nSPS) is 10.9. The highest BCUT2D eigenvalue weighted by Gasteiger charge is 2.23. The quantitative estimate of drug-likeness (QED) is 0.0916. The van der Waals surface area contributed by atoms with E-state index in [1.165, 1.54) is 51.5 Å². The zero-order chi connectivity index (χ0) is 33.2. The van der Waals surface area contributed by atoms with Crippen LogP contribution in [0.25, 0.3) is 0 Å². The Labute approximate surface area is 265 Å². The van der Waals surface area contributed by atoms with Gasteiger partial charge >= 0.3 is 11.9 Å². The first-order valence-corrected chi connectivity index (χ1v) is 15.2. The van der Waals surface area contributed by atoms with Gasteiger partial charge in [0.1, 0.15) is 11.8 Å². The average Bonchev–Trinajstić information content (AvgIpc) is 3.04. The van der Waals surface area contributed by atoms with Crippen LogP contribution in [0.3, 0.4) is 0 Å². The summed E-state index contributed by atoms with van der Waals surface area (Å²) in [6.45, 7) is 8.14. The van der Waals surface area contributed by atoms with Gasteiger partial charge in [-0.1, -0.05) is 58.6 Å². The number of nitrogens with one attached hydrogen (secondary N) is 2. The van der Waals surface area contributed by atoms with Gasteiger partial charge in [-0.05, 0) is 66.6 Å². The van der Waals surface area contributed by atoms with Crippen molar-refractivity contribution in [2.24, 2.45) is 0 Å². The number of esters is 1. The minimum Gasteiger partial charge on any atom is -0.494 e. The highest BCUT2D eigenvalue weighted by molar-refractivity contribution is 5.98. The third kappa shape index (κ3) is 12.3. The molecule has 3 aromatic carbocycles. The lowest BCUT2D eigenvalue weighted by Crippen LogP contribution is -2.42. The lowest BCUT2D eigenvalue weighted by Gasteiger charge is -2.16. The number of benzene rings is 3. The molecule has 1 unspecified atom stereocenters. The number of unbranched alkanes of at least 4 members (excludes halogenated alkanes) is 4. The molecule has 10 nitrogen and oxygen atoms in total. The van der Waals surface area contributed by atoms with E-state index in [0.29, 0.717) is 29.2 Å². The van der Waals surface area contributed by atoms with E-state index in [-0.39, 0.29) is 29.4 Å². The van der Waals surface area contributed by atoms with E-state index >= 15 is 0 Å². The summed E-state index contributed by atoms with van der Waals surface area (Å²) in [5.41, 5.74) is 1.48. The van der Waals surface area contributed by atoms with Crippen LogP contribution < -0.4 is 24.8 Å². The second-order valence-corrected chi connectivity index (χ2v) is 9.99. The Bertz CT molecular complexity index is 1410. The molecule has 0 saturated heterocycles. The number of ether oxygens (including phenoxy) is 3. The molecule has 3 N–H and O–H groups in total. The van der Waals surface area contributed by atoms with E-state index < -0.39 is 23.9 Å². The standard InChI is InChI=1S/C33H38N2O8.C2H6/c1-4-5-6-7-8-18-42-27-15-13-24(14-16-27)33(40)43-29-17-12-23(20-30(29)41-3)19-28(32(38)39)35-31(37)25-10-9-11-26(21-25)34-22(2)36;1-2/h9-17,20-21,28H,4-8,18-19H2,1-3H3,(H,34,36)(H,35,37)(H,38,39);1-2H3. The van der Waals surface area contributed by atoms with Crippen molar-refractivity contribution in [1.82, 2.24) is 5.32 Å². The number of anilines is 1. The Morgan fingerprint density at radius 1 is 0.844 bits per heavy atom. The van der Waals surface area contributed by atoms with Crippen LogP contribution in [0, 0.1) is 0 Å². The minimum atomic E-state index is -1.26. The van der Waals surface area contributed by atoms with Gasteiger partial charge in [0.2, 0.25) is 5.91 Å². The predicted molar refractivity (Wildman–Crippen MR) is 173 cm³/mol. The van der Waals surface area contributed by atoms with Crippen molar-refractivity contribution in [3.8, 4) is 17.2 Å². The van der Waals surface area contributed by atoms with Crippen LogP contribution in [0.1, 0.15) is 86.1 Å². The molecule has 45 heavy (non-hydrogen) atoms. The molecule has 3 aromatic rings. The van der Waals surface area contributed by atoms with Crippen molar-refractivity contribution in [1.29, 1.82) is 0 Å².